The van der Waals surface area contributed by atoms with E-state index >= 15 is 0 Å². The van der Waals surface area contributed by atoms with Crippen LogP contribution in [0.4, 0.5) is 0 Å². The van der Waals surface area contributed by atoms with Crippen LogP contribution in [0, 0.1) is 0 Å². The summed E-state index contributed by atoms with van der Waals surface area (Å²) in [7, 11) is 0. The van der Waals surface area contributed by atoms with Gasteiger partial charge in [0, 0.05) is 0 Å². The van der Waals surface area contributed by atoms with Crippen LogP contribution in [0.3, 0.4) is 0 Å². The van der Waals surface area contributed by atoms with Crippen LogP contribution in [0.1, 0.15) is 25.2 Å². The normalized spacial score (nSPS) is 10.7. The highest BCUT2D eigenvalue weighted by molar-refractivity contribution is 5.71. The minimum Gasteiger partial charge on any atom is -0.248 e. The number of hydrogen-bond acceptors (Lipinski definition) is 4. The van der Waals surface area contributed by atoms with Crippen LogP contribution in [0.25, 0.3) is 11.0 Å². The summed E-state index contributed by atoms with van der Waals surface area (Å²) in [4.78, 5) is 9.00. The maximum absolute atomic E-state index is 4.50. The second-order valence-electron chi connectivity index (χ2n) is 3.08. The molecule has 0 radical (unpaired) electrons. The highest BCUT2D eigenvalue weighted by Gasteiger charge is 2.05. The average molecular weight is 188 g/mol. The van der Waals surface area contributed by atoms with Crippen molar-refractivity contribution in [3.05, 3.63) is 23.8 Å². The number of rotatable bonds is 2. The molecule has 0 aliphatic carbocycles. The van der Waals surface area contributed by atoms with Crippen LogP contribution in [0.15, 0.2) is 12.4 Å². The van der Waals surface area contributed by atoms with Crippen LogP contribution in [0.5, 0.6) is 0 Å². The first kappa shape index (κ1) is 8.99. The molecule has 0 bridgehead atoms. The zero-order valence-electron chi connectivity index (χ0n) is 8.36. The van der Waals surface area contributed by atoms with E-state index in [0.717, 1.165) is 35.3 Å². The Morgan fingerprint density at radius 3 is 1.64 bits per heavy atom. The van der Waals surface area contributed by atoms with E-state index in [1.165, 1.54) is 0 Å². The molecular formula is C10H12N4. The molecule has 0 N–H and O–H groups in total. The van der Waals surface area contributed by atoms with Crippen molar-refractivity contribution in [3.63, 3.8) is 0 Å². The molecule has 0 saturated heterocycles. The number of nitrogens with zero attached hydrogens (tertiary/aromatic N) is 4. The van der Waals surface area contributed by atoms with Gasteiger partial charge in [0.25, 0.3) is 0 Å². The molecule has 0 aliphatic rings. The molecule has 2 aromatic heterocycles. The first-order chi connectivity index (χ1) is 6.85. The highest BCUT2D eigenvalue weighted by Crippen LogP contribution is 2.11. The maximum atomic E-state index is 4.50. The number of aromatic nitrogens is 4. The molecular weight excluding hydrogens is 176 g/mol. The summed E-state index contributed by atoms with van der Waals surface area (Å²) in [5, 5.41) is 7.58. The fourth-order valence-corrected chi connectivity index (χ4v) is 1.47. The van der Waals surface area contributed by atoms with Gasteiger partial charge in [-0.1, -0.05) is 13.8 Å². The van der Waals surface area contributed by atoms with E-state index in [2.05, 4.69) is 34.0 Å². The zero-order valence-corrected chi connectivity index (χ0v) is 8.36. The van der Waals surface area contributed by atoms with E-state index in [1.807, 2.05) is 0 Å². The summed E-state index contributed by atoms with van der Waals surface area (Å²) in [5.74, 6) is 0. The van der Waals surface area contributed by atoms with Gasteiger partial charge in [0.2, 0.25) is 0 Å². The molecule has 2 rings (SSSR count). The molecule has 0 spiro atoms. The monoisotopic (exact) mass is 188 g/mol. The van der Waals surface area contributed by atoms with E-state index in [0.29, 0.717) is 0 Å². The molecule has 4 nitrogen and oxygen atoms in total. The Labute approximate surface area is 82.4 Å². The number of hydrogen-bond donors (Lipinski definition) is 0. The third-order valence-corrected chi connectivity index (χ3v) is 2.20. The summed E-state index contributed by atoms with van der Waals surface area (Å²) in [5.41, 5.74) is 3.78. The van der Waals surface area contributed by atoms with E-state index in [4.69, 9.17) is 0 Å². The molecule has 14 heavy (non-hydrogen) atoms. The third-order valence-electron chi connectivity index (χ3n) is 2.20. The Bertz CT molecular complexity index is 410. The smallest absolute Gasteiger partial charge is 0.111 e. The lowest BCUT2D eigenvalue weighted by atomic mass is 10.2. The van der Waals surface area contributed by atoms with E-state index < -0.39 is 0 Å². The summed E-state index contributed by atoms with van der Waals surface area (Å²) in [6.07, 6.45) is 5.13. The molecule has 0 unspecified atom stereocenters. The quantitative estimate of drug-likeness (QED) is 0.717. The van der Waals surface area contributed by atoms with Crippen LogP contribution in [-0.4, -0.2) is 20.2 Å². The van der Waals surface area contributed by atoms with Gasteiger partial charge in [-0.25, -0.2) is 9.97 Å². The Kier molecular flexibility index (Phi) is 2.35. The van der Waals surface area contributed by atoms with Gasteiger partial charge in [0.1, 0.15) is 11.0 Å². The molecule has 0 amide bonds. The fraction of sp³-hybridized carbons (Fsp3) is 0.400. The van der Waals surface area contributed by atoms with Gasteiger partial charge < -0.3 is 0 Å². The van der Waals surface area contributed by atoms with Gasteiger partial charge in [-0.15, -0.1) is 0 Å². The topological polar surface area (TPSA) is 51.6 Å². The third kappa shape index (κ3) is 1.43. The van der Waals surface area contributed by atoms with Crippen LogP contribution in [0.2, 0.25) is 0 Å². The molecule has 2 aromatic rings. The van der Waals surface area contributed by atoms with Crippen molar-refractivity contribution in [1.29, 1.82) is 0 Å². The Balaban J connectivity index is 2.69. The van der Waals surface area contributed by atoms with Gasteiger partial charge in [0.15, 0.2) is 0 Å². The maximum Gasteiger partial charge on any atom is 0.111 e. The van der Waals surface area contributed by atoms with E-state index in [9.17, 15) is 0 Å². The molecule has 0 atom stereocenters. The van der Waals surface area contributed by atoms with Crippen molar-refractivity contribution in [3.8, 4) is 0 Å². The Morgan fingerprint density at radius 2 is 1.29 bits per heavy atom. The molecule has 0 saturated carbocycles. The zero-order chi connectivity index (χ0) is 9.97. The van der Waals surface area contributed by atoms with Crippen molar-refractivity contribution >= 4 is 11.0 Å². The lowest BCUT2D eigenvalue weighted by Gasteiger charge is -2.04. The first-order valence-corrected chi connectivity index (χ1v) is 4.81. The predicted octanol–water partition coefficient (Wildman–Crippen LogP) is 1.54. The number of fused-ring (bicyclic) bond motifs is 1. The van der Waals surface area contributed by atoms with E-state index in [1.54, 1.807) is 12.4 Å². The van der Waals surface area contributed by atoms with Gasteiger partial charge >= 0.3 is 0 Å². The van der Waals surface area contributed by atoms with Gasteiger partial charge in [-0.3, -0.25) is 0 Å². The van der Waals surface area contributed by atoms with E-state index in [-0.39, 0.29) is 0 Å². The Hall–Kier alpha value is -1.58. The fourth-order valence-electron chi connectivity index (χ4n) is 1.47. The van der Waals surface area contributed by atoms with Gasteiger partial charge in [0.05, 0.1) is 23.8 Å². The minimum atomic E-state index is 0.828. The standard InChI is InChI=1S/C10H12N4/c1-3-7-8(4-2)14-10-6-12-11-5-9(10)13-7/h5-6H,3-4H2,1-2H3. The van der Waals surface area contributed by atoms with Gasteiger partial charge in [-0.05, 0) is 12.8 Å². The molecule has 0 fully saturated rings. The van der Waals surface area contributed by atoms with Crippen molar-refractivity contribution in [2.45, 2.75) is 26.7 Å². The second kappa shape index (κ2) is 3.65. The van der Waals surface area contributed by atoms with Crippen LogP contribution < -0.4 is 0 Å². The minimum absolute atomic E-state index is 0.828. The summed E-state index contributed by atoms with van der Waals surface area (Å²) < 4.78 is 0. The van der Waals surface area contributed by atoms with Crippen molar-refractivity contribution in [1.82, 2.24) is 20.2 Å². The predicted molar refractivity (Wildman–Crippen MR) is 53.9 cm³/mol. The first-order valence-electron chi connectivity index (χ1n) is 4.81. The molecule has 0 aliphatic heterocycles. The molecule has 0 aromatic carbocycles. The largest absolute Gasteiger partial charge is 0.248 e. The molecule has 4 heteroatoms. The second-order valence-corrected chi connectivity index (χ2v) is 3.08. The summed E-state index contributed by atoms with van der Waals surface area (Å²) in [6, 6.07) is 0. The summed E-state index contributed by atoms with van der Waals surface area (Å²) >= 11 is 0. The lowest BCUT2D eigenvalue weighted by Crippen LogP contribution is -2.00. The Morgan fingerprint density at radius 1 is 0.857 bits per heavy atom. The van der Waals surface area contributed by atoms with Gasteiger partial charge in [-0.2, -0.15) is 10.2 Å². The average Bonchev–Trinajstić information content (AvgIpc) is 2.27. The highest BCUT2D eigenvalue weighted by atomic mass is 15.1. The SMILES string of the molecule is CCc1nc2cnncc2nc1CC. The lowest BCUT2D eigenvalue weighted by molar-refractivity contribution is 0.920. The number of aryl methyl sites for hydroxylation is 2. The van der Waals surface area contributed by atoms with Crippen LogP contribution in [-0.2, 0) is 12.8 Å². The van der Waals surface area contributed by atoms with Crippen molar-refractivity contribution in [2.75, 3.05) is 0 Å². The summed E-state index contributed by atoms with van der Waals surface area (Å²) in [6.45, 7) is 4.17. The molecule has 2 heterocycles. The van der Waals surface area contributed by atoms with Crippen molar-refractivity contribution < 1.29 is 0 Å². The van der Waals surface area contributed by atoms with Crippen LogP contribution >= 0.6 is 0 Å². The van der Waals surface area contributed by atoms with Crippen molar-refractivity contribution in [2.24, 2.45) is 0 Å². The molecule has 72 valence electrons.